The Morgan fingerprint density at radius 3 is 2.34 bits per heavy atom. The van der Waals surface area contributed by atoms with Crippen LogP contribution < -0.4 is 16.0 Å². The zero-order chi connectivity index (χ0) is 32.3. The minimum atomic E-state index is -0.907. The van der Waals surface area contributed by atoms with Crippen LogP contribution in [0.25, 0.3) is 12.2 Å². The summed E-state index contributed by atoms with van der Waals surface area (Å²) in [6, 6.07) is -0.202. The Morgan fingerprint density at radius 1 is 1.02 bits per heavy atom. The summed E-state index contributed by atoms with van der Waals surface area (Å²) in [7, 11) is 1.36. The molecule has 2 unspecified atom stereocenters. The first kappa shape index (κ1) is 32.2. The Hall–Kier alpha value is -4.73. The van der Waals surface area contributed by atoms with Gasteiger partial charge in [0.1, 0.15) is 0 Å². The maximum Gasteiger partial charge on any atom is 0.305 e. The molecule has 10 heteroatoms. The molecule has 2 aliphatic rings. The summed E-state index contributed by atoms with van der Waals surface area (Å²) in [5, 5.41) is 13.9. The highest BCUT2D eigenvalue weighted by Crippen LogP contribution is 2.27. The van der Waals surface area contributed by atoms with Crippen LogP contribution in [0.1, 0.15) is 67.3 Å². The molecule has 4 rings (SSSR count). The van der Waals surface area contributed by atoms with Gasteiger partial charge < -0.3 is 25.1 Å². The topological polar surface area (TPSA) is 154 Å². The number of aliphatic imine (C=N–C) groups is 1. The maximum absolute atomic E-state index is 12.4. The predicted octanol–water partition coefficient (Wildman–Crippen LogP) is 2.80. The van der Waals surface area contributed by atoms with E-state index in [4.69, 9.17) is 4.74 Å². The zero-order valence-corrected chi connectivity index (χ0v) is 26.1. The van der Waals surface area contributed by atoms with Gasteiger partial charge in [-0.1, -0.05) is 18.7 Å². The molecular weight excluding hydrogens is 560 g/mol. The third-order valence-corrected chi connectivity index (χ3v) is 8.72. The minimum absolute atomic E-state index is 0.0572. The van der Waals surface area contributed by atoms with E-state index >= 15 is 0 Å². The lowest BCUT2D eigenvalue weighted by molar-refractivity contribution is -0.140. The van der Waals surface area contributed by atoms with Crippen LogP contribution in [-0.2, 0) is 43.2 Å². The van der Waals surface area contributed by atoms with Crippen LogP contribution >= 0.6 is 0 Å². The highest BCUT2D eigenvalue weighted by molar-refractivity contribution is 6.29. The minimum Gasteiger partial charge on any atom is -0.481 e. The molecule has 232 valence electrons. The van der Waals surface area contributed by atoms with E-state index in [-0.39, 0.29) is 42.6 Å². The lowest BCUT2D eigenvalue weighted by Crippen LogP contribution is -2.30. The van der Waals surface area contributed by atoms with Crippen LogP contribution in [-0.4, -0.2) is 57.7 Å². The fourth-order valence-corrected chi connectivity index (χ4v) is 6.00. The number of rotatable bonds is 11. The van der Waals surface area contributed by atoms with Crippen LogP contribution in [0, 0.1) is 19.8 Å². The van der Waals surface area contributed by atoms with Crippen molar-refractivity contribution in [1.82, 2.24) is 15.3 Å². The Labute approximate surface area is 256 Å². The first-order valence-corrected chi connectivity index (χ1v) is 14.7. The zero-order valence-electron chi connectivity index (χ0n) is 26.1. The first-order valence-electron chi connectivity index (χ1n) is 14.7. The molecular formula is C34H40N4O6. The molecule has 2 aliphatic heterocycles. The van der Waals surface area contributed by atoms with E-state index < -0.39 is 5.97 Å². The number of aromatic nitrogens is 2. The molecule has 10 nitrogen and oxygen atoms in total. The van der Waals surface area contributed by atoms with Crippen LogP contribution in [0.5, 0.6) is 0 Å². The SMILES string of the molecule is C=CC1=C(C)C(Cc2[nH]c(/C=c3\[nH]/c(=C/C4=NC(=O)C(C)/C4=C\C)c(C)c3CCC(=O)O)c(CCC(=O)OC)c2C)NC1=O. The number of aliphatic carboxylic acids is 1. The molecule has 0 saturated heterocycles. The molecule has 0 bridgehead atoms. The number of aromatic amines is 2. The van der Waals surface area contributed by atoms with E-state index in [9.17, 15) is 24.3 Å². The standard InChI is InChI=1S/C34H40N4O6/c1-8-21-20(6)33(42)38-28(21)15-26-18(4)23(10-12-31(39)40)29(36-26)16-30-24(11-13-32(41)44-7)19(5)25(35-30)14-27-17(3)22(9-2)34(43)37-27/h8-9,15-16,20,27,35-36H,2,10-14H2,1,3-7H3,(H,37,43)(H,39,40)/b21-8+,26-15+,29-16-. The fourth-order valence-electron chi connectivity index (χ4n) is 6.00. The van der Waals surface area contributed by atoms with Gasteiger partial charge >= 0.3 is 11.9 Å². The molecule has 0 radical (unpaired) electrons. The number of carbonyl (C=O) groups excluding carboxylic acids is 3. The van der Waals surface area contributed by atoms with Crippen molar-refractivity contribution in [1.29, 1.82) is 0 Å². The summed E-state index contributed by atoms with van der Waals surface area (Å²) in [6.07, 6.45) is 8.61. The molecule has 2 aromatic rings. The molecule has 0 aliphatic carbocycles. The number of nitrogens with zero attached hydrogens (tertiary/aromatic N) is 1. The second-order valence-corrected chi connectivity index (χ2v) is 11.3. The number of carbonyl (C=O) groups is 4. The summed E-state index contributed by atoms with van der Waals surface area (Å²) in [5.41, 5.74) is 8.23. The van der Waals surface area contributed by atoms with Crippen molar-refractivity contribution in [2.45, 2.75) is 72.8 Å². The van der Waals surface area contributed by atoms with E-state index in [1.807, 2.05) is 52.8 Å². The summed E-state index contributed by atoms with van der Waals surface area (Å²) >= 11 is 0. The number of nitrogens with one attached hydrogen (secondary N) is 3. The summed E-state index contributed by atoms with van der Waals surface area (Å²) in [6.45, 7) is 13.3. The van der Waals surface area contributed by atoms with E-state index in [0.717, 1.165) is 55.5 Å². The number of carboxylic acid groups (broad SMARTS) is 1. The summed E-state index contributed by atoms with van der Waals surface area (Å²) in [5.74, 6) is -1.90. The van der Waals surface area contributed by atoms with Crippen molar-refractivity contribution in [3.63, 3.8) is 0 Å². The van der Waals surface area contributed by atoms with Gasteiger partial charge in [-0.3, -0.25) is 19.2 Å². The molecule has 4 heterocycles. The average molecular weight is 601 g/mol. The average Bonchev–Trinajstić information content (AvgIpc) is 3.63. The number of carboxylic acids is 1. The highest BCUT2D eigenvalue weighted by atomic mass is 16.5. The molecule has 0 saturated carbocycles. The lowest BCUT2D eigenvalue weighted by atomic mass is 9.98. The van der Waals surface area contributed by atoms with E-state index in [1.54, 1.807) is 6.08 Å². The summed E-state index contributed by atoms with van der Waals surface area (Å²) < 4.78 is 4.90. The van der Waals surface area contributed by atoms with Crippen LogP contribution in [0.4, 0.5) is 0 Å². The molecule has 0 spiro atoms. The quantitative estimate of drug-likeness (QED) is 0.291. The second-order valence-electron chi connectivity index (χ2n) is 11.3. The van der Waals surface area contributed by atoms with E-state index in [0.29, 0.717) is 30.5 Å². The van der Waals surface area contributed by atoms with Crippen LogP contribution in [0.2, 0.25) is 0 Å². The molecule has 4 N–H and O–H groups in total. The number of hydrogen-bond donors (Lipinski definition) is 4. The van der Waals surface area contributed by atoms with Gasteiger partial charge in [0.2, 0.25) is 0 Å². The third kappa shape index (κ3) is 6.44. The Morgan fingerprint density at radius 2 is 1.73 bits per heavy atom. The van der Waals surface area contributed by atoms with Crippen molar-refractivity contribution in [3.8, 4) is 0 Å². The monoisotopic (exact) mass is 600 g/mol. The number of allylic oxidation sites excluding steroid dienone is 1. The number of H-pyrrole nitrogens is 2. The summed E-state index contributed by atoms with van der Waals surface area (Å²) in [4.78, 5) is 59.6. The Bertz CT molecular complexity index is 1760. The largest absolute Gasteiger partial charge is 0.481 e. The Kier molecular flexibility index (Phi) is 9.71. The molecule has 2 aromatic heterocycles. The number of amides is 2. The van der Waals surface area contributed by atoms with Crippen LogP contribution in [0.3, 0.4) is 0 Å². The van der Waals surface area contributed by atoms with Crippen molar-refractivity contribution in [2.24, 2.45) is 10.9 Å². The molecule has 2 atom stereocenters. The molecule has 0 fully saturated rings. The van der Waals surface area contributed by atoms with Crippen molar-refractivity contribution in [3.05, 3.63) is 79.8 Å². The molecule has 0 aromatic carbocycles. The van der Waals surface area contributed by atoms with Gasteiger partial charge in [0.05, 0.1) is 24.8 Å². The second kappa shape index (κ2) is 13.3. The van der Waals surface area contributed by atoms with E-state index in [1.165, 1.54) is 7.11 Å². The number of ether oxygens (including phenoxy) is 1. The molecule has 2 amide bonds. The lowest BCUT2D eigenvalue weighted by Gasteiger charge is -2.12. The van der Waals surface area contributed by atoms with Crippen molar-refractivity contribution < 1.29 is 29.0 Å². The van der Waals surface area contributed by atoms with Gasteiger partial charge in [-0.2, -0.15) is 0 Å². The van der Waals surface area contributed by atoms with Gasteiger partial charge in [-0.25, -0.2) is 4.99 Å². The van der Waals surface area contributed by atoms with Gasteiger partial charge in [-0.15, -0.1) is 0 Å². The third-order valence-electron chi connectivity index (χ3n) is 8.72. The highest BCUT2D eigenvalue weighted by Gasteiger charge is 2.29. The van der Waals surface area contributed by atoms with Crippen LogP contribution in [0.15, 0.2) is 40.4 Å². The maximum atomic E-state index is 12.4. The van der Waals surface area contributed by atoms with E-state index in [2.05, 4.69) is 26.9 Å². The van der Waals surface area contributed by atoms with Gasteiger partial charge in [0, 0.05) is 46.9 Å². The Balaban J connectivity index is 1.86. The van der Waals surface area contributed by atoms with Gasteiger partial charge in [0.15, 0.2) is 0 Å². The van der Waals surface area contributed by atoms with Gasteiger partial charge in [-0.05, 0) is 93.0 Å². The fraction of sp³-hybridized carbons (Fsp3) is 0.382. The predicted molar refractivity (Wildman–Crippen MR) is 169 cm³/mol. The van der Waals surface area contributed by atoms with Gasteiger partial charge in [0.25, 0.3) is 11.8 Å². The van der Waals surface area contributed by atoms with Crippen molar-refractivity contribution >= 4 is 41.6 Å². The molecule has 44 heavy (non-hydrogen) atoms. The number of esters is 1. The van der Waals surface area contributed by atoms with Crippen molar-refractivity contribution in [2.75, 3.05) is 7.11 Å². The smallest absolute Gasteiger partial charge is 0.305 e. The first-order chi connectivity index (χ1) is 20.9. The number of methoxy groups -OCH3 is 1. The normalized spacial score (nSPS) is 20.1. The number of hydrogen-bond acceptors (Lipinski definition) is 5.